The molecule has 0 spiro atoms. The summed E-state index contributed by atoms with van der Waals surface area (Å²) in [5.41, 5.74) is 3.65. The fraction of sp³-hybridized carbons (Fsp3) is 0.489. The second kappa shape index (κ2) is 21.6. The van der Waals surface area contributed by atoms with Crippen molar-refractivity contribution in [2.75, 3.05) is 45.8 Å². The van der Waals surface area contributed by atoms with E-state index >= 15 is 0 Å². The fourth-order valence-corrected chi connectivity index (χ4v) is 9.85. The maximum absolute atomic E-state index is 14.4. The first-order valence-corrected chi connectivity index (χ1v) is 21.9. The van der Waals surface area contributed by atoms with Crippen molar-refractivity contribution < 1.29 is 38.8 Å². The largest absolute Gasteiger partial charge is 0.493 e. The first-order valence-electron chi connectivity index (χ1n) is 20.9. The molecule has 1 amide bonds. The van der Waals surface area contributed by atoms with Crippen molar-refractivity contribution in [2.45, 2.75) is 87.5 Å². The number of carbonyl (C=O) groups excluding carboxylic acids is 1. The minimum atomic E-state index is -1.34. The van der Waals surface area contributed by atoms with Gasteiger partial charge in [0.15, 0.2) is 0 Å². The van der Waals surface area contributed by atoms with Crippen molar-refractivity contribution in [1.29, 1.82) is 0 Å². The standard InChI is InChI=1S/C47H60N2O8S/c1-4-24-49(46(52)55-33-34-16-8-6-9-17-34)43-32-41(48-53-3)39-30-35(18-12-14-25-50)38(21-13-15-26-51)44-40-31-36(54-28-29-58-37-19-10-7-11-20-37)22-23-42(40)57-47(43,45(39)44)56-27-5-2/h5-11,16-17,19-20,22-23,30-31,35,38,43-45,50-51H,2,4,12-15,18,21,24-29,32-33H2,1,3H3/t35-,38+,43-,44+,45+,47+/m0/s1. The molecule has 1 heterocycles. The maximum Gasteiger partial charge on any atom is 0.410 e. The second-order valence-corrected chi connectivity index (χ2v) is 16.4. The molecule has 0 unspecified atom stereocenters. The number of allylic oxidation sites excluding steroid dienone is 1. The Morgan fingerprint density at radius 2 is 1.76 bits per heavy atom. The van der Waals surface area contributed by atoms with Crippen LogP contribution in [0.4, 0.5) is 4.79 Å². The average molecular weight is 813 g/mol. The molecule has 2 N–H and O–H groups in total. The summed E-state index contributed by atoms with van der Waals surface area (Å²) in [7, 11) is 1.56. The number of fused-ring (bicyclic) bond motifs is 2. The quantitative estimate of drug-likeness (QED) is 0.0443. The predicted molar refractivity (Wildman–Crippen MR) is 228 cm³/mol. The highest BCUT2D eigenvalue weighted by atomic mass is 32.2. The minimum absolute atomic E-state index is 0.115. The van der Waals surface area contributed by atoms with Gasteiger partial charge in [-0.15, -0.1) is 18.3 Å². The molecule has 3 aromatic carbocycles. The summed E-state index contributed by atoms with van der Waals surface area (Å²) < 4.78 is 26.8. The normalized spacial score (nSPS) is 23.8. The van der Waals surface area contributed by atoms with Crippen LogP contribution in [0.15, 0.2) is 113 Å². The first-order chi connectivity index (χ1) is 28.5. The van der Waals surface area contributed by atoms with E-state index in [9.17, 15) is 15.0 Å². The van der Waals surface area contributed by atoms with Gasteiger partial charge >= 0.3 is 6.09 Å². The Bertz CT molecular complexity index is 1820. The number of ether oxygens (including phenoxy) is 4. The molecule has 1 saturated carbocycles. The highest BCUT2D eigenvalue weighted by molar-refractivity contribution is 7.99. The summed E-state index contributed by atoms with van der Waals surface area (Å²) >= 11 is 1.75. The van der Waals surface area contributed by atoms with Gasteiger partial charge in [-0.2, -0.15) is 0 Å². The number of aliphatic hydroxyl groups excluding tert-OH is 2. The number of carbonyl (C=O) groups is 1. The first kappa shape index (κ1) is 43.3. The van der Waals surface area contributed by atoms with Gasteiger partial charge in [0.2, 0.25) is 5.79 Å². The van der Waals surface area contributed by atoms with E-state index < -0.39 is 23.8 Å². The van der Waals surface area contributed by atoms with Crippen LogP contribution < -0.4 is 9.47 Å². The summed E-state index contributed by atoms with van der Waals surface area (Å²) in [4.78, 5) is 22.9. The molecule has 58 heavy (non-hydrogen) atoms. The molecule has 312 valence electrons. The smallest absolute Gasteiger partial charge is 0.410 e. The van der Waals surface area contributed by atoms with Crippen molar-refractivity contribution in [3.8, 4) is 11.5 Å². The maximum atomic E-state index is 14.4. The second-order valence-electron chi connectivity index (χ2n) is 15.2. The third-order valence-electron chi connectivity index (χ3n) is 11.5. The van der Waals surface area contributed by atoms with Crippen LogP contribution in [0.25, 0.3) is 0 Å². The summed E-state index contributed by atoms with van der Waals surface area (Å²) in [5, 5.41) is 24.4. The molecule has 1 fully saturated rings. The Morgan fingerprint density at radius 3 is 2.47 bits per heavy atom. The van der Waals surface area contributed by atoms with E-state index in [2.05, 4.69) is 36.0 Å². The number of unbranched alkanes of at least 4 members (excludes halogenated alkanes) is 2. The number of thioether (sulfide) groups is 1. The van der Waals surface area contributed by atoms with E-state index in [1.165, 1.54) is 4.90 Å². The van der Waals surface area contributed by atoms with Crippen molar-refractivity contribution in [3.63, 3.8) is 0 Å². The van der Waals surface area contributed by atoms with Crippen LogP contribution in [0, 0.1) is 17.8 Å². The van der Waals surface area contributed by atoms with Gasteiger partial charge in [0.25, 0.3) is 0 Å². The monoisotopic (exact) mass is 812 g/mol. The lowest BCUT2D eigenvalue weighted by Crippen LogP contribution is -2.70. The molecule has 0 bridgehead atoms. The molecule has 10 nitrogen and oxygen atoms in total. The number of aliphatic hydroxyl groups is 2. The van der Waals surface area contributed by atoms with Gasteiger partial charge in [-0.1, -0.05) is 85.6 Å². The third-order valence-corrected chi connectivity index (χ3v) is 12.5. The fourth-order valence-electron chi connectivity index (χ4n) is 9.10. The van der Waals surface area contributed by atoms with E-state index in [0.717, 1.165) is 59.6 Å². The average Bonchev–Trinajstić information content (AvgIpc) is 3.25. The van der Waals surface area contributed by atoms with Crippen molar-refractivity contribution in [3.05, 3.63) is 114 Å². The van der Waals surface area contributed by atoms with E-state index in [1.807, 2.05) is 67.6 Å². The molecule has 3 aromatic rings. The van der Waals surface area contributed by atoms with Crippen LogP contribution in [0.2, 0.25) is 0 Å². The molecule has 6 rings (SSSR count). The third kappa shape index (κ3) is 10.1. The van der Waals surface area contributed by atoms with Crippen LogP contribution in [0.1, 0.15) is 75.3 Å². The van der Waals surface area contributed by atoms with Gasteiger partial charge in [0.05, 0.1) is 24.8 Å². The summed E-state index contributed by atoms with van der Waals surface area (Å²) in [6.07, 6.45) is 9.42. The number of rotatable bonds is 22. The molecule has 1 aliphatic heterocycles. The van der Waals surface area contributed by atoms with Crippen molar-refractivity contribution in [2.24, 2.45) is 22.9 Å². The minimum Gasteiger partial charge on any atom is -0.493 e. The van der Waals surface area contributed by atoms with Crippen LogP contribution in [0.5, 0.6) is 11.5 Å². The molecule has 2 aliphatic carbocycles. The van der Waals surface area contributed by atoms with Gasteiger partial charge in [-0.05, 0) is 85.4 Å². The van der Waals surface area contributed by atoms with E-state index in [0.29, 0.717) is 44.6 Å². The predicted octanol–water partition coefficient (Wildman–Crippen LogP) is 9.17. The Morgan fingerprint density at radius 1 is 1.02 bits per heavy atom. The Hall–Kier alpha value is -4.29. The highest BCUT2D eigenvalue weighted by Crippen LogP contribution is 2.62. The zero-order valence-corrected chi connectivity index (χ0v) is 34.8. The molecular formula is C47H60N2O8S. The number of hydrogen-bond acceptors (Lipinski definition) is 10. The molecule has 0 saturated heterocycles. The zero-order chi connectivity index (χ0) is 40.7. The number of benzene rings is 3. The molecular weight excluding hydrogens is 753 g/mol. The van der Waals surface area contributed by atoms with Gasteiger partial charge in [0, 0.05) is 48.3 Å². The molecule has 0 radical (unpaired) electrons. The number of oxime groups is 1. The lowest BCUT2D eigenvalue weighted by atomic mass is 9.55. The van der Waals surface area contributed by atoms with Crippen LogP contribution in [-0.2, 0) is 20.9 Å². The van der Waals surface area contributed by atoms with Gasteiger partial charge in [-0.25, -0.2) is 4.79 Å². The molecule has 0 aromatic heterocycles. The van der Waals surface area contributed by atoms with Crippen LogP contribution in [0.3, 0.4) is 0 Å². The van der Waals surface area contributed by atoms with Crippen LogP contribution in [-0.4, -0.2) is 84.6 Å². The van der Waals surface area contributed by atoms with Crippen molar-refractivity contribution >= 4 is 23.6 Å². The van der Waals surface area contributed by atoms with Crippen molar-refractivity contribution in [1.82, 2.24) is 4.90 Å². The number of nitrogens with zero attached hydrogens (tertiary/aromatic N) is 2. The van der Waals surface area contributed by atoms with Gasteiger partial charge < -0.3 is 34.0 Å². The lowest BCUT2D eigenvalue weighted by molar-refractivity contribution is -0.255. The SMILES string of the molecule is C=CCO[C@@]12Oc3ccc(OCCSc4ccccc4)cc3[C@H]3[C@H](CCCCO)[C@@H](CCCCO)C=C(C(=NOC)C[C@@H]1N(CCC)C(=O)OCc1ccccc1)[C@H]32. The summed E-state index contributed by atoms with van der Waals surface area (Å²) in [6, 6.07) is 25.4. The molecule has 11 heteroatoms. The van der Waals surface area contributed by atoms with E-state index in [1.54, 1.807) is 29.8 Å². The molecule has 6 atom stereocenters. The number of hydrogen-bond donors (Lipinski definition) is 2. The number of amides is 1. The van der Waals surface area contributed by atoms with Gasteiger partial charge in [0.1, 0.15) is 31.3 Å². The van der Waals surface area contributed by atoms with E-state index in [4.69, 9.17) is 23.8 Å². The van der Waals surface area contributed by atoms with Gasteiger partial charge in [-0.3, -0.25) is 4.90 Å². The topological polar surface area (TPSA) is 119 Å². The zero-order valence-electron chi connectivity index (χ0n) is 34.0. The Labute approximate surface area is 348 Å². The Balaban J connectivity index is 1.46. The summed E-state index contributed by atoms with van der Waals surface area (Å²) in [5.74, 6) is 0.608. The lowest BCUT2D eigenvalue weighted by Gasteiger charge is -2.59. The Kier molecular flexibility index (Phi) is 16.2. The van der Waals surface area contributed by atoms with E-state index in [-0.39, 0.29) is 44.2 Å². The molecule has 3 aliphatic rings. The van der Waals surface area contributed by atoms with Crippen LogP contribution >= 0.6 is 11.8 Å². The highest BCUT2D eigenvalue weighted by Gasteiger charge is 2.65. The summed E-state index contributed by atoms with van der Waals surface area (Å²) in [6.45, 7) is 7.56.